The van der Waals surface area contributed by atoms with Crippen molar-refractivity contribution < 1.29 is 4.79 Å². The van der Waals surface area contributed by atoms with Crippen molar-refractivity contribution in [2.24, 2.45) is 7.05 Å². The van der Waals surface area contributed by atoms with Gasteiger partial charge >= 0.3 is 0 Å². The van der Waals surface area contributed by atoms with E-state index in [1.54, 1.807) is 0 Å². The fraction of sp³-hybridized carbons (Fsp3) is 0.353. The second-order valence-electron chi connectivity index (χ2n) is 5.56. The number of benzene rings is 1. The van der Waals surface area contributed by atoms with Crippen LogP contribution in [0.5, 0.6) is 0 Å². The van der Waals surface area contributed by atoms with Gasteiger partial charge in [0.2, 0.25) is 0 Å². The van der Waals surface area contributed by atoms with Gasteiger partial charge in [-0.3, -0.25) is 4.79 Å². The lowest BCUT2D eigenvalue weighted by Crippen LogP contribution is -2.15. The molecule has 2 rings (SSSR count). The summed E-state index contributed by atoms with van der Waals surface area (Å²) in [4.78, 5) is 12.4. The third-order valence-corrected chi connectivity index (χ3v) is 4.23. The van der Waals surface area contributed by atoms with E-state index < -0.39 is 0 Å². The molecule has 0 spiro atoms. The third-order valence-electron chi connectivity index (χ3n) is 3.93. The zero-order valence-electron chi connectivity index (χ0n) is 13.2. The number of ketones is 1. The molecule has 0 saturated heterocycles. The van der Waals surface area contributed by atoms with Crippen LogP contribution in [0.3, 0.4) is 0 Å². The van der Waals surface area contributed by atoms with Gasteiger partial charge in [-0.1, -0.05) is 17.7 Å². The van der Waals surface area contributed by atoms with Crippen molar-refractivity contribution in [3.05, 3.63) is 51.3 Å². The minimum Gasteiger partial charge on any atom is -0.376 e. The van der Waals surface area contributed by atoms with Crippen LogP contribution in [-0.4, -0.2) is 16.9 Å². The number of hydrogen-bond donors (Lipinski definition) is 1. The number of aromatic nitrogens is 1. The fourth-order valence-corrected chi connectivity index (χ4v) is 2.93. The maximum absolute atomic E-state index is 12.4. The molecule has 1 N–H and O–H groups in total. The Labute approximate surface area is 130 Å². The molecule has 0 unspecified atom stereocenters. The highest BCUT2D eigenvalue weighted by Gasteiger charge is 2.14. The number of nitrogens with one attached hydrogen (secondary N) is 1. The maximum atomic E-state index is 12.4. The SMILES string of the molecule is Cc1cc(C)c(NCC(=O)c2cc(C)n(C)c2C)c(Cl)c1. The summed E-state index contributed by atoms with van der Waals surface area (Å²) in [6.45, 7) is 8.20. The van der Waals surface area contributed by atoms with Gasteiger partial charge in [-0.15, -0.1) is 0 Å². The molecule has 0 radical (unpaired) electrons. The molecule has 0 aliphatic rings. The predicted octanol–water partition coefficient (Wildman–Crippen LogP) is 4.21. The summed E-state index contributed by atoms with van der Waals surface area (Å²) in [5, 5.41) is 3.83. The smallest absolute Gasteiger partial charge is 0.183 e. The Morgan fingerprint density at radius 1 is 1.19 bits per heavy atom. The van der Waals surface area contributed by atoms with Gasteiger partial charge in [0, 0.05) is 24.0 Å². The molecule has 0 aliphatic heterocycles. The molecule has 1 aromatic carbocycles. The normalized spacial score (nSPS) is 10.8. The number of anilines is 1. The van der Waals surface area contributed by atoms with Gasteiger partial charge in [0.15, 0.2) is 5.78 Å². The third kappa shape index (κ3) is 3.13. The molecule has 0 fully saturated rings. The Bertz CT molecular complexity index is 678. The molecule has 1 heterocycles. The van der Waals surface area contributed by atoms with Crippen molar-refractivity contribution >= 4 is 23.1 Å². The van der Waals surface area contributed by atoms with Crippen LogP contribution in [0.4, 0.5) is 5.69 Å². The van der Waals surface area contributed by atoms with E-state index in [9.17, 15) is 4.79 Å². The molecule has 0 atom stereocenters. The van der Waals surface area contributed by atoms with Gasteiger partial charge < -0.3 is 9.88 Å². The zero-order valence-corrected chi connectivity index (χ0v) is 13.9. The molecule has 112 valence electrons. The lowest BCUT2D eigenvalue weighted by atomic mass is 10.1. The maximum Gasteiger partial charge on any atom is 0.183 e. The van der Waals surface area contributed by atoms with Gasteiger partial charge in [0.1, 0.15) is 0 Å². The largest absolute Gasteiger partial charge is 0.376 e. The molecular weight excluding hydrogens is 284 g/mol. The lowest BCUT2D eigenvalue weighted by molar-refractivity contribution is 0.101. The molecule has 2 aromatic rings. The van der Waals surface area contributed by atoms with Crippen molar-refractivity contribution in [1.29, 1.82) is 0 Å². The summed E-state index contributed by atoms with van der Waals surface area (Å²) in [6, 6.07) is 5.89. The fourth-order valence-electron chi connectivity index (χ4n) is 2.54. The number of aryl methyl sites for hydroxylation is 3. The van der Waals surface area contributed by atoms with E-state index in [0.717, 1.165) is 33.8 Å². The number of rotatable bonds is 4. The first-order valence-electron chi connectivity index (χ1n) is 6.98. The highest BCUT2D eigenvalue weighted by atomic mass is 35.5. The molecule has 0 amide bonds. The summed E-state index contributed by atoms with van der Waals surface area (Å²) in [7, 11) is 1.97. The molecule has 0 bridgehead atoms. The molecule has 4 heteroatoms. The molecule has 0 aliphatic carbocycles. The van der Waals surface area contributed by atoms with Crippen LogP contribution >= 0.6 is 11.6 Å². The first kappa shape index (κ1) is 15.6. The molecule has 21 heavy (non-hydrogen) atoms. The van der Waals surface area contributed by atoms with E-state index >= 15 is 0 Å². The van der Waals surface area contributed by atoms with Crippen molar-refractivity contribution in [2.45, 2.75) is 27.7 Å². The van der Waals surface area contributed by atoms with Crippen LogP contribution in [0, 0.1) is 27.7 Å². The van der Waals surface area contributed by atoms with Gasteiger partial charge in [0.25, 0.3) is 0 Å². The lowest BCUT2D eigenvalue weighted by Gasteiger charge is -2.12. The van der Waals surface area contributed by atoms with Crippen LogP contribution in [-0.2, 0) is 7.05 Å². The van der Waals surface area contributed by atoms with Crippen LogP contribution in [0.1, 0.15) is 32.9 Å². The number of Topliss-reactive ketones (excluding diaryl/α,β-unsaturated/α-hetero) is 1. The number of hydrogen-bond acceptors (Lipinski definition) is 2. The Hall–Kier alpha value is -1.74. The Morgan fingerprint density at radius 2 is 1.86 bits per heavy atom. The first-order chi connectivity index (χ1) is 9.81. The Morgan fingerprint density at radius 3 is 2.38 bits per heavy atom. The zero-order chi connectivity index (χ0) is 15.7. The molecule has 3 nitrogen and oxygen atoms in total. The van der Waals surface area contributed by atoms with Crippen LogP contribution in [0.15, 0.2) is 18.2 Å². The quantitative estimate of drug-likeness (QED) is 0.859. The number of carbonyl (C=O) groups is 1. The number of carbonyl (C=O) groups excluding carboxylic acids is 1. The topological polar surface area (TPSA) is 34.0 Å². The van der Waals surface area contributed by atoms with Gasteiger partial charge in [-0.05, 0) is 51.0 Å². The standard InChI is InChI=1S/C17H21ClN2O/c1-10-6-11(2)17(15(18)7-10)19-9-16(21)14-8-12(3)20(5)13(14)4/h6-8,19H,9H2,1-5H3. The summed E-state index contributed by atoms with van der Waals surface area (Å²) >= 11 is 6.25. The summed E-state index contributed by atoms with van der Waals surface area (Å²) in [5.41, 5.74) is 5.84. The Kier molecular flexibility index (Phi) is 4.43. The number of halogens is 1. The van der Waals surface area contributed by atoms with Gasteiger partial charge in [-0.2, -0.15) is 0 Å². The van der Waals surface area contributed by atoms with Crippen molar-refractivity contribution in [3.8, 4) is 0 Å². The summed E-state index contributed by atoms with van der Waals surface area (Å²) < 4.78 is 2.03. The van der Waals surface area contributed by atoms with Crippen LogP contribution in [0.2, 0.25) is 5.02 Å². The van der Waals surface area contributed by atoms with E-state index in [4.69, 9.17) is 11.6 Å². The summed E-state index contributed by atoms with van der Waals surface area (Å²) in [5.74, 6) is 0.0761. The average Bonchev–Trinajstić information content (AvgIpc) is 2.65. The highest BCUT2D eigenvalue weighted by Crippen LogP contribution is 2.27. The highest BCUT2D eigenvalue weighted by molar-refractivity contribution is 6.33. The first-order valence-corrected chi connectivity index (χ1v) is 7.35. The molecular formula is C17H21ClN2O. The monoisotopic (exact) mass is 304 g/mol. The number of nitrogens with zero attached hydrogens (tertiary/aromatic N) is 1. The molecule has 0 saturated carbocycles. The minimum atomic E-state index is 0.0761. The minimum absolute atomic E-state index is 0.0761. The van der Waals surface area contributed by atoms with Gasteiger partial charge in [-0.25, -0.2) is 0 Å². The second kappa shape index (κ2) is 5.94. The van der Waals surface area contributed by atoms with Crippen molar-refractivity contribution in [3.63, 3.8) is 0 Å². The Balaban J connectivity index is 2.17. The average molecular weight is 305 g/mol. The van der Waals surface area contributed by atoms with E-state index in [1.165, 1.54) is 0 Å². The van der Waals surface area contributed by atoms with Gasteiger partial charge in [0.05, 0.1) is 17.3 Å². The summed E-state index contributed by atoms with van der Waals surface area (Å²) in [6.07, 6.45) is 0. The van der Waals surface area contributed by atoms with Crippen LogP contribution in [0.25, 0.3) is 0 Å². The second-order valence-corrected chi connectivity index (χ2v) is 5.97. The van der Waals surface area contributed by atoms with Crippen LogP contribution < -0.4 is 5.32 Å². The predicted molar refractivity (Wildman–Crippen MR) is 88.6 cm³/mol. The van der Waals surface area contributed by atoms with Crippen molar-refractivity contribution in [2.75, 3.05) is 11.9 Å². The van der Waals surface area contributed by atoms with E-state index in [0.29, 0.717) is 5.02 Å². The van der Waals surface area contributed by atoms with E-state index in [2.05, 4.69) is 11.4 Å². The van der Waals surface area contributed by atoms with E-state index in [-0.39, 0.29) is 12.3 Å². The van der Waals surface area contributed by atoms with E-state index in [1.807, 2.05) is 51.4 Å². The van der Waals surface area contributed by atoms with Crippen molar-refractivity contribution in [1.82, 2.24) is 4.57 Å². The molecule has 1 aromatic heterocycles.